The molecule has 0 aliphatic heterocycles. The molecule has 2 heterocycles. The van der Waals surface area contributed by atoms with E-state index in [-0.39, 0.29) is 0 Å². The van der Waals surface area contributed by atoms with E-state index in [2.05, 4.69) is 63.7 Å². The Hall–Kier alpha value is -1.65. The van der Waals surface area contributed by atoms with Crippen molar-refractivity contribution in [3.8, 4) is 10.6 Å². The minimum atomic E-state index is 0.770. The van der Waals surface area contributed by atoms with Gasteiger partial charge in [0.25, 0.3) is 0 Å². The van der Waals surface area contributed by atoms with E-state index in [0.29, 0.717) is 0 Å². The number of benzene rings is 1. The molecule has 0 radical (unpaired) electrons. The number of nitrogens with one attached hydrogen (secondary N) is 1. The van der Waals surface area contributed by atoms with E-state index >= 15 is 0 Å². The maximum Gasteiger partial charge on any atom is 0.124 e. The van der Waals surface area contributed by atoms with Crippen molar-refractivity contribution in [2.24, 2.45) is 0 Å². The smallest absolute Gasteiger partial charge is 0.124 e. The summed E-state index contributed by atoms with van der Waals surface area (Å²) in [6.07, 6.45) is 1.08. The number of nitrogens with zero attached hydrogens (tertiary/aromatic N) is 1. The molecule has 102 valence electrons. The fraction of sp³-hybridized carbons (Fsp3) is 0.188. The molecule has 0 amide bonds. The van der Waals surface area contributed by atoms with Crippen LogP contribution in [0.5, 0.6) is 0 Å². The van der Waals surface area contributed by atoms with Crippen molar-refractivity contribution >= 4 is 28.4 Å². The molecule has 0 fully saturated rings. The van der Waals surface area contributed by atoms with Crippen LogP contribution in [-0.2, 0) is 13.0 Å². The lowest BCUT2D eigenvalue weighted by atomic mass is 10.1. The second-order valence-corrected chi connectivity index (χ2v) is 6.20. The first-order chi connectivity index (χ1) is 9.85. The lowest BCUT2D eigenvalue weighted by Crippen LogP contribution is -1.99. The summed E-state index contributed by atoms with van der Waals surface area (Å²) in [6.45, 7) is 2.94. The molecular weight excluding hydrogens is 284 g/mol. The Balaban J connectivity index is 1.63. The van der Waals surface area contributed by atoms with Gasteiger partial charge in [0, 0.05) is 22.0 Å². The fourth-order valence-electron chi connectivity index (χ4n) is 1.96. The summed E-state index contributed by atoms with van der Waals surface area (Å²) in [5.41, 5.74) is 4.82. The number of thiazole rings is 1. The largest absolute Gasteiger partial charge is 0.379 e. The van der Waals surface area contributed by atoms with E-state index in [9.17, 15) is 0 Å². The van der Waals surface area contributed by atoms with Crippen LogP contribution in [0.25, 0.3) is 10.6 Å². The summed E-state index contributed by atoms with van der Waals surface area (Å²) >= 11 is 3.41. The van der Waals surface area contributed by atoms with Crippen LogP contribution < -0.4 is 5.32 Å². The van der Waals surface area contributed by atoms with Crippen LogP contribution in [0.15, 0.2) is 46.5 Å². The standard InChI is InChI=1S/C16H16N2S2/c1-2-12-3-5-14(6-4-12)17-9-15-11-20-16(18-15)13-7-8-19-10-13/h3-8,10-11,17H,2,9H2,1H3. The van der Waals surface area contributed by atoms with E-state index in [0.717, 1.165) is 29.4 Å². The minimum Gasteiger partial charge on any atom is -0.379 e. The van der Waals surface area contributed by atoms with E-state index < -0.39 is 0 Å². The van der Waals surface area contributed by atoms with Crippen molar-refractivity contribution < 1.29 is 0 Å². The van der Waals surface area contributed by atoms with Gasteiger partial charge < -0.3 is 5.32 Å². The summed E-state index contributed by atoms with van der Waals surface area (Å²) in [5, 5.41) is 10.9. The van der Waals surface area contributed by atoms with E-state index in [1.807, 2.05) is 0 Å². The molecule has 0 atom stereocenters. The average molecular weight is 300 g/mol. The van der Waals surface area contributed by atoms with Crippen LogP contribution in [-0.4, -0.2) is 4.98 Å². The first kappa shape index (κ1) is 13.3. The maximum absolute atomic E-state index is 4.66. The number of aromatic nitrogens is 1. The van der Waals surface area contributed by atoms with Crippen LogP contribution in [0.4, 0.5) is 5.69 Å². The normalized spacial score (nSPS) is 10.7. The van der Waals surface area contributed by atoms with Gasteiger partial charge in [-0.1, -0.05) is 19.1 Å². The van der Waals surface area contributed by atoms with Crippen LogP contribution in [0, 0.1) is 0 Å². The van der Waals surface area contributed by atoms with Gasteiger partial charge in [-0.2, -0.15) is 11.3 Å². The maximum atomic E-state index is 4.66. The third-order valence-electron chi connectivity index (χ3n) is 3.16. The lowest BCUT2D eigenvalue weighted by molar-refractivity contribution is 1.07. The fourth-order valence-corrected chi connectivity index (χ4v) is 3.49. The SMILES string of the molecule is CCc1ccc(NCc2csc(-c3ccsc3)n2)cc1. The Morgan fingerprint density at radius 1 is 1.10 bits per heavy atom. The van der Waals surface area contributed by atoms with Crippen molar-refractivity contribution in [1.82, 2.24) is 4.98 Å². The molecule has 3 rings (SSSR count). The highest BCUT2D eigenvalue weighted by molar-refractivity contribution is 7.14. The van der Waals surface area contributed by atoms with Gasteiger partial charge >= 0.3 is 0 Å². The molecule has 1 N–H and O–H groups in total. The third-order valence-corrected chi connectivity index (χ3v) is 4.78. The number of rotatable bonds is 5. The molecule has 0 unspecified atom stereocenters. The Bertz CT molecular complexity index is 654. The molecule has 20 heavy (non-hydrogen) atoms. The van der Waals surface area contributed by atoms with Crippen LogP contribution in [0.1, 0.15) is 18.2 Å². The monoisotopic (exact) mass is 300 g/mol. The van der Waals surface area contributed by atoms with Crippen LogP contribution >= 0.6 is 22.7 Å². The van der Waals surface area contributed by atoms with Gasteiger partial charge in [-0.15, -0.1) is 11.3 Å². The van der Waals surface area contributed by atoms with Gasteiger partial charge in [-0.25, -0.2) is 4.98 Å². The van der Waals surface area contributed by atoms with Crippen molar-refractivity contribution in [2.75, 3.05) is 5.32 Å². The molecule has 0 aliphatic rings. The molecule has 0 bridgehead atoms. The van der Waals surface area contributed by atoms with Crippen LogP contribution in [0.3, 0.4) is 0 Å². The molecular formula is C16H16N2S2. The third kappa shape index (κ3) is 3.08. The van der Waals surface area contributed by atoms with Gasteiger partial charge in [-0.3, -0.25) is 0 Å². The summed E-state index contributed by atoms with van der Waals surface area (Å²) < 4.78 is 0. The summed E-state index contributed by atoms with van der Waals surface area (Å²) in [5.74, 6) is 0. The van der Waals surface area contributed by atoms with Crippen LogP contribution in [0.2, 0.25) is 0 Å². The lowest BCUT2D eigenvalue weighted by Gasteiger charge is -2.05. The Morgan fingerprint density at radius 3 is 2.65 bits per heavy atom. The average Bonchev–Trinajstić information content (AvgIpc) is 3.16. The van der Waals surface area contributed by atoms with Crippen molar-refractivity contribution in [3.05, 3.63) is 57.7 Å². The zero-order chi connectivity index (χ0) is 13.8. The summed E-state index contributed by atoms with van der Waals surface area (Å²) in [6, 6.07) is 10.7. The van der Waals surface area contributed by atoms with Gasteiger partial charge in [0.1, 0.15) is 5.01 Å². The highest BCUT2D eigenvalue weighted by atomic mass is 32.1. The van der Waals surface area contributed by atoms with Crippen molar-refractivity contribution in [3.63, 3.8) is 0 Å². The second-order valence-electron chi connectivity index (χ2n) is 4.56. The van der Waals surface area contributed by atoms with Gasteiger partial charge in [0.2, 0.25) is 0 Å². The number of aryl methyl sites for hydroxylation is 1. The topological polar surface area (TPSA) is 24.9 Å². The molecule has 3 aromatic rings. The summed E-state index contributed by atoms with van der Waals surface area (Å²) in [7, 11) is 0. The second kappa shape index (κ2) is 6.20. The van der Waals surface area contributed by atoms with Crippen molar-refractivity contribution in [1.29, 1.82) is 0 Å². The van der Waals surface area contributed by atoms with E-state index in [1.54, 1.807) is 22.7 Å². The van der Waals surface area contributed by atoms with E-state index in [4.69, 9.17) is 0 Å². The van der Waals surface area contributed by atoms with E-state index in [1.165, 1.54) is 11.1 Å². The molecule has 0 saturated heterocycles. The molecule has 2 nitrogen and oxygen atoms in total. The Labute approximate surface area is 127 Å². The minimum absolute atomic E-state index is 0.770. The number of hydrogen-bond acceptors (Lipinski definition) is 4. The first-order valence-electron chi connectivity index (χ1n) is 6.65. The number of hydrogen-bond donors (Lipinski definition) is 1. The molecule has 2 aromatic heterocycles. The predicted molar refractivity (Wildman–Crippen MR) is 88.6 cm³/mol. The number of thiophene rings is 1. The Kier molecular flexibility index (Phi) is 4.14. The highest BCUT2D eigenvalue weighted by Gasteiger charge is 2.04. The molecule has 1 aromatic carbocycles. The zero-order valence-corrected chi connectivity index (χ0v) is 12.9. The van der Waals surface area contributed by atoms with Crippen molar-refractivity contribution in [2.45, 2.75) is 19.9 Å². The zero-order valence-electron chi connectivity index (χ0n) is 11.3. The summed E-state index contributed by atoms with van der Waals surface area (Å²) in [4.78, 5) is 4.66. The van der Waals surface area contributed by atoms with Gasteiger partial charge in [-0.05, 0) is 35.6 Å². The highest BCUT2D eigenvalue weighted by Crippen LogP contribution is 2.26. The quantitative estimate of drug-likeness (QED) is 0.713. The van der Waals surface area contributed by atoms with Gasteiger partial charge in [0.15, 0.2) is 0 Å². The first-order valence-corrected chi connectivity index (χ1v) is 8.47. The Morgan fingerprint density at radius 2 is 1.95 bits per heavy atom. The molecule has 0 aliphatic carbocycles. The number of anilines is 1. The molecule has 4 heteroatoms. The predicted octanol–water partition coefficient (Wildman–Crippen LogP) is 5.05. The molecule has 0 saturated carbocycles. The molecule has 0 spiro atoms. The van der Waals surface area contributed by atoms with Gasteiger partial charge in [0.05, 0.1) is 12.2 Å².